The molecule has 6 heteroatoms. The van der Waals surface area contributed by atoms with E-state index in [9.17, 15) is 9.59 Å². The third kappa shape index (κ3) is 5.18. The highest BCUT2D eigenvalue weighted by Crippen LogP contribution is 2.05. The predicted octanol–water partition coefficient (Wildman–Crippen LogP) is 1.84. The fourth-order valence-electron chi connectivity index (χ4n) is 1.51. The van der Waals surface area contributed by atoms with Crippen molar-refractivity contribution in [2.45, 2.75) is 32.2 Å². The highest BCUT2D eigenvalue weighted by atomic mass is 32.1. The Morgan fingerprint density at radius 1 is 1.50 bits per heavy atom. The van der Waals surface area contributed by atoms with Crippen molar-refractivity contribution in [3.8, 4) is 0 Å². The van der Waals surface area contributed by atoms with Crippen LogP contribution in [0.4, 0.5) is 4.79 Å². The molecular formula is C12H18N2O3S. The molecule has 0 aliphatic rings. The Morgan fingerprint density at radius 2 is 2.28 bits per heavy atom. The van der Waals surface area contributed by atoms with E-state index in [1.165, 1.54) is 5.56 Å². The molecule has 1 heterocycles. The van der Waals surface area contributed by atoms with Crippen molar-refractivity contribution < 1.29 is 14.7 Å². The Labute approximate surface area is 110 Å². The average molecular weight is 270 g/mol. The first kappa shape index (κ1) is 14.5. The predicted molar refractivity (Wildman–Crippen MR) is 70.9 cm³/mol. The lowest BCUT2D eigenvalue weighted by molar-refractivity contribution is -0.139. The van der Waals surface area contributed by atoms with Gasteiger partial charge in [0.25, 0.3) is 0 Å². The number of aliphatic carboxylic acids is 1. The van der Waals surface area contributed by atoms with Crippen LogP contribution in [0.2, 0.25) is 0 Å². The van der Waals surface area contributed by atoms with Crippen molar-refractivity contribution in [1.82, 2.24) is 10.6 Å². The van der Waals surface area contributed by atoms with Crippen molar-refractivity contribution in [2.75, 3.05) is 6.54 Å². The zero-order chi connectivity index (χ0) is 13.4. The van der Waals surface area contributed by atoms with E-state index >= 15 is 0 Å². The first-order chi connectivity index (χ1) is 8.63. The maximum atomic E-state index is 11.5. The molecule has 0 spiro atoms. The average Bonchev–Trinajstić information content (AvgIpc) is 2.81. The molecule has 1 atom stereocenters. The quantitative estimate of drug-likeness (QED) is 0.707. The monoisotopic (exact) mass is 270 g/mol. The summed E-state index contributed by atoms with van der Waals surface area (Å²) < 4.78 is 0. The topological polar surface area (TPSA) is 78.4 Å². The molecule has 5 nitrogen and oxygen atoms in total. The molecule has 0 aliphatic carbocycles. The fraction of sp³-hybridized carbons (Fsp3) is 0.500. The minimum atomic E-state index is -0.996. The van der Waals surface area contributed by atoms with Gasteiger partial charge in [0.1, 0.15) is 6.04 Å². The highest BCUT2D eigenvalue weighted by Gasteiger charge is 2.18. The van der Waals surface area contributed by atoms with Crippen LogP contribution in [0.1, 0.15) is 25.3 Å². The summed E-state index contributed by atoms with van der Waals surface area (Å²) in [4.78, 5) is 22.3. The van der Waals surface area contributed by atoms with E-state index in [0.29, 0.717) is 19.4 Å². The van der Waals surface area contributed by atoms with Gasteiger partial charge in [-0.05, 0) is 35.2 Å². The van der Waals surface area contributed by atoms with Crippen molar-refractivity contribution >= 4 is 23.3 Å². The summed E-state index contributed by atoms with van der Waals surface area (Å²) in [6.45, 7) is 2.38. The van der Waals surface area contributed by atoms with Gasteiger partial charge >= 0.3 is 12.0 Å². The number of amides is 2. The van der Waals surface area contributed by atoms with Crippen LogP contribution in [-0.4, -0.2) is 29.7 Å². The van der Waals surface area contributed by atoms with Crippen LogP contribution in [0.25, 0.3) is 0 Å². The first-order valence-electron chi connectivity index (χ1n) is 5.91. The van der Waals surface area contributed by atoms with Crippen LogP contribution in [0.5, 0.6) is 0 Å². The van der Waals surface area contributed by atoms with Crippen molar-refractivity contribution in [2.24, 2.45) is 0 Å². The van der Waals surface area contributed by atoms with Crippen molar-refractivity contribution in [3.63, 3.8) is 0 Å². The van der Waals surface area contributed by atoms with Gasteiger partial charge in [-0.3, -0.25) is 0 Å². The molecule has 1 rings (SSSR count). The standard InChI is InChI=1S/C12H18N2O3S/c1-2-3-10(11(15)16)14-12(17)13-6-4-9-5-7-18-8-9/h5,7-8,10H,2-4,6H2,1H3,(H,15,16)(H2,13,14,17). The Bertz CT molecular complexity index is 379. The van der Waals surface area contributed by atoms with Crippen molar-refractivity contribution in [3.05, 3.63) is 22.4 Å². The number of rotatable bonds is 7. The van der Waals surface area contributed by atoms with Gasteiger partial charge in [-0.1, -0.05) is 13.3 Å². The van der Waals surface area contributed by atoms with E-state index < -0.39 is 18.0 Å². The molecule has 2 amide bonds. The molecule has 0 bridgehead atoms. The number of carbonyl (C=O) groups is 2. The number of carbonyl (C=O) groups excluding carboxylic acids is 1. The lowest BCUT2D eigenvalue weighted by atomic mass is 10.2. The largest absolute Gasteiger partial charge is 0.480 e. The Morgan fingerprint density at radius 3 is 2.83 bits per heavy atom. The number of carboxylic acids is 1. The van der Waals surface area contributed by atoms with Gasteiger partial charge < -0.3 is 15.7 Å². The second-order valence-corrected chi connectivity index (χ2v) is 4.74. The number of urea groups is 1. The summed E-state index contributed by atoms with van der Waals surface area (Å²) in [6, 6.07) is 0.767. The van der Waals surface area contributed by atoms with E-state index in [4.69, 9.17) is 5.11 Å². The maximum Gasteiger partial charge on any atom is 0.326 e. The number of thiophene rings is 1. The molecule has 0 radical (unpaired) electrons. The smallest absolute Gasteiger partial charge is 0.326 e. The molecule has 3 N–H and O–H groups in total. The van der Waals surface area contributed by atoms with E-state index in [1.54, 1.807) is 11.3 Å². The second kappa shape index (κ2) is 7.71. The summed E-state index contributed by atoms with van der Waals surface area (Å²) >= 11 is 1.61. The van der Waals surface area contributed by atoms with Gasteiger partial charge in [0.15, 0.2) is 0 Å². The summed E-state index contributed by atoms with van der Waals surface area (Å²) in [5.74, 6) is -0.996. The molecule has 0 saturated carbocycles. The van der Waals surface area contributed by atoms with E-state index in [2.05, 4.69) is 10.6 Å². The molecule has 0 saturated heterocycles. The van der Waals surface area contributed by atoms with Gasteiger partial charge in [0.2, 0.25) is 0 Å². The minimum absolute atomic E-state index is 0.425. The zero-order valence-electron chi connectivity index (χ0n) is 10.3. The molecule has 0 aliphatic heterocycles. The summed E-state index contributed by atoms with van der Waals surface area (Å²) in [7, 11) is 0. The Kier molecular flexibility index (Phi) is 6.21. The molecule has 0 fully saturated rings. The summed E-state index contributed by atoms with van der Waals surface area (Å²) in [6.07, 6.45) is 1.90. The molecule has 1 unspecified atom stereocenters. The van der Waals surface area contributed by atoms with E-state index in [1.807, 2.05) is 23.8 Å². The van der Waals surface area contributed by atoms with Gasteiger partial charge in [-0.25, -0.2) is 9.59 Å². The molecule has 0 aromatic carbocycles. The molecular weight excluding hydrogens is 252 g/mol. The zero-order valence-corrected chi connectivity index (χ0v) is 11.1. The molecule has 18 heavy (non-hydrogen) atoms. The third-order valence-corrected chi connectivity index (χ3v) is 3.19. The Balaban J connectivity index is 2.25. The van der Waals surface area contributed by atoms with Gasteiger partial charge in [-0.2, -0.15) is 11.3 Å². The third-order valence-electron chi connectivity index (χ3n) is 2.46. The lowest BCUT2D eigenvalue weighted by Crippen LogP contribution is -2.46. The highest BCUT2D eigenvalue weighted by molar-refractivity contribution is 7.07. The van der Waals surface area contributed by atoms with Gasteiger partial charge in [0, 0.05) is 6.54 Å². The lowest BCUT2D eigenvalue weighted by Gasteiger charge is -2.14. The number of hydrogen-bond acceptors (Lipinski definition) is 3. The van der Waals surface area contributed by atoms with E-state index in [-0.39, 0.29) is 0 Å². The van der Waals surface area contributed by atoms with Gasteiger partial charge in [-0.15, -0.1) is 0 Å². The van der Waals surface area contributed by atoms with Crippen LogP contribution in [0.15, 0.2) is 16.8 Å². The van der Waals surface area contributed by atoms with Crippen LogP contribution >= 0.6 is 11.3 Å². The van der Waals surface area contributed by atoms with Crippen LogP contribution in [0, 0.1) is 0 Å². The first-order valence-corrected chi connectivity index (χ1v) is 6.86. The maximum absolute atomic E-state index is 11.5. The van der Waals surface area contributed by atoms with Crippen LogP contribution in [-0.2, 0) is 11.2 Å². The summed E-state index contributed by atoms with van der Waals surface area (Å²) in [5, 5.41) is 18.0. The van der Waals surface area contributed by atoms with Crippen LogP contribution in [0.3, 0.4) is 0 Å². The summed E-state index contributed by atoms with van der Waals surface area (Å²) in [5.41, 5.74) is 1.17. The number of hydrogen-bond donors (Lipinski definition) is 3. The van der Waals surface area contributed by atoms with Crippen molar-refractivity contribution in [1.29, 1.82) is 0 Å². The normalized spacial score (nSPS) is 11.8. The Hall–Kier alpha value is -1.56. The second-order valence-electron chi connectivity index (χ2n) is 3.96. The number of nitrogens with one attached hydrogen (secondary N) is 2. The van der Waals surface area contributed by atoms with Crippen LogP contribution < -0.4 is 10.6 Å². The molecule has 100 valence electrons. The number of carboxylic acid groups (broad SMARTS) is 1. The van der Waals surface area contributed by atoms with Gasteiger partial charge in [0.05, 0.1) is 0 Å². The molecule has 1 aromatic rings. The minimum Gasteiger partial charge on any atom is -0.480 e. The van der Waals surface area contributed by atoms with E-state index in [0.717, 1.165) is 6.42 Å². The SMILES string of the molecule is CCCC(NC(=O)NCCc1ccsc1)C(=O)O. The fourth-order valence-corrected chi connectivity index (χ4v) is 2.21. The molecule has 1 aromatic heterocycles.